The van der Waals surface area contributed by atoms with Gasteiger partial charge in [-0.1, -0.05) is 18.2 Å². The first kappa shape index (κ1) is 17.9. The number of fused-ring (bicyclic) bond motifs is 1. The second-order valence-corrected chi connectivity index (χ2v) is 7.46. The molecule has 5 rings (SSSR count). The van der Waals surface area contributed by atoms with Gasteiger partial charge in [0.1, 0.15) is 5.75 Å². The Morgan fingerprint density at radius 3 is 2.93 bits per heavy atom. The van der Waals surface area contributed by atoms with Gasteiger partial charge in [-0.15, -0.1) is 0 Å². The molecule has 1 fully saturated rings. The van der Waals surface area contributed by atoms with Crippen LogP contribution in [0.4, 0.5) is 5.95 Å². The van der Waals surface area contributed by atoms with Crippen LogP contribution in [0.25, 0.3) is 11.3 Å². The van der Waals surface area contributed by atoms with E-state index in [2.05, 4.69) is 33.4 Å². The van der Waals surface area contributed by atoms with E-state index < -0.39 is 0 Å². The molecule has 1 saturated heterocycles. The lowest BCUT2D eigenvalue weighted by Crippen LogP contribution is -2.47. The smallest absolute Gasteiger partial charge is 0.255 e. The van der Waals surface area contributed by atoms with Gasteiger partial charge >= 0.3 is 0 Å². The van der Waals surface area contributed by atoms with Crippen LogP contribution in [0.5, 0.6) is 5.75 Å². The number of ether oxygens (including phenoxy) is 1. The van der Waals surface area contributed by atoms with Crippen LogP contribution in [0.1, 0.15) is 17.2 Å². The molecule has 0 radical (unpaired) electrons. The van der Waals surface area contributed by atoms with Crippen molar-refractivity contribution in [1.82, 2.24) is 19.9 Å². The van der Waals surface area contributed by atoms with Gasteiger partial charge in [-0.25, -0.2) is 4.98 Å². The van der Waals surface area contributed by atoms with Crippen molar-refractivity contribution in [2.75, 3.05) is 31.1 Å². The van der Waals surface area contributed by atoms with E-state index in [1.807, 2.05) is 12.1 Å². The monoisotopic (exact) mass is 389 g/mol. The van der Waals surface area contributed by atoms with Crippen molar-refractivity contribution in [3.63, 3.8) is 0 Å². The molecule has 7 heteroatoms. The third kappa shape index (κ3) is 3.27. The lowest BCUT2D eigenvalue weighted by molar-refractivity contribution is 0.345. The van der Waals surface area contributed by atoms with Crippen LogP contribution in [-0.4, -0.2) is 40.8 Å². The summed E-state index contributed by atoms with van der Waals surface area (Å²) in [5.74, 6) is 1.70. The predicted molar refractivity (Wildman–Crippen MR) is 111 cm³/mol. The van der Waals surface area contributed by atoms with Gasteiger partial charge in [0.15, 0.2) is 0 Å². The molecule has 0 saturated carbocycles. The first-order valence-corrected chi connectivity index (χ1v) is 9.92. The van der Waals surface area contributed by atoms with E-state index in [-0.39, 0.29) is 11.6 Å². The lowest BCUT2D eigenvalue weighted by atomic mass is 10.00. The van der Waals surface area contributed by atoms with Gasteiger partial charge in [0.2, 0.25) is 5.95 Å². The Balaban J connectivity index is 1.49. The van der Waals surface area contributed by atoms with Crippen LogP contribution >= 0.6 is 0 Å². The van der Waals surface area contributed by atoms with Crippen molar-refractivity contribution >= 4 is 5.95 Å². The molecule has 2 aromatic heterocycles. The van der Waals surface area contributed by atoms with Crippen molar-refractivity contribution in [1.29, 1.82) is 0 Å². The highest BCUT2D eigenvalue weighted by molar-refractivity contribution is 5.59. The van der Waals surface area contributed by atoms with E-state index in [9.17, 15) is 4.79 Å². The number of hydrogen-bond acceptors (Lipinski definition) is 6. The molecule has 1 atom stereocenters. The Bertz CT molecular complexity index is 1100. The van der Waals surface area contributed by atoms with Gasteiger partial charge in [0.05, 0.1) is 18.3 Å². The van der Waals surface area contributed by atoms with Crippen molar-refractivity contribution in [2.24, 2.45) is 7.05 Å². The van der Waals surface area contributed by atoms with E-state index in [0.717, 1.165) is 44.0 Å². The zero-order valence-electron chi connectivity index (χ0n) is 16.3. The molecule has 1 aromatic carbocycles. The number of rotatable bonds is 3. The zero-order valence-corrected chi connectivity index (χ0v) is 16.3. The number of anilines is 1. The number of nitrogens with one attached hydrogen (secondary N) is 1. The van der Waals surface area contributed by atoms with Gasteiger partial charge in [-0.3, -0.25) is 14.3 Å². The maximum atomic E-state index is 12.6. The maximum absolute atomic E-state index is 12.6. The van der Waals surface area contributed by atoms with Crippen LogP contribution in [0, 0.1) is 0 Å². The van der Waals surface area contributed by atoms with E-state index in [0.29, 0.717) is 11.6 Å². The topological polar surface area (TPSA) is 72.3 Å². The van der Waals surface area contributed by atoms with Crippen LogP contribution < -0.4 is 20.5 Å². The maximum Gasteiger partial charge on any atom is 0.255 e. The van der Waals surface area contributed by atoms with Crippen LogP contribution in [0.15, 0.2) is 53.6 Å². The fourth-order valence-corrected chi connectivity index (χ4v) is 4.14. The minimum Gasteiger partial charge on any atom is -0.493 e. The first-order valence-electron chi connectivity index (χ1n) is 9.92. The Morgan fingerprint density at radius 1 is 1.21 bits per heavy atom. The SMILES string of the molecule is Cn1c(N2CCNC(c3cccc4c3OCC4)C2)nc(-c2ccncc2)cc1=O. The van der Waals surface area contributed by atoms with Gasteiger partial charge in [-0.05, 0) is 17.7 Å². The summed E-state index contributed by atoms with van der Waals surface area (Å²) in [6.45, 7) is 3.06. The molecule has 2 aliphatic rings. The largest absolute Gasteiger partial charge is 0.493 e. The van der Waals surface area contributed by atoms with Crippen LogP contribution in [0.2, 0.25) is 0 Å². The zero-order chi connectivity index (χ0) is 19.8. The quantitative estimate of drug-likeness (QED) is 0.738. The molecule has 148 valence electrons. The Labute approximate surface area is 169 Å². The molecular weight excluding hydrogens is 366 g/mol. The standard InChI is InChI=1S/C22H23N5O2/c1-26-20(28)13-18(15-5-8-23-9-6-15)25-22(26)27-11-10-24-19(14-27)17-4-2-3-16-7-12-29-21(16)17/h2-6,8-9,13,19,24H,7,10-12,14H2,1H3. The van der Waals surface area contributed by atoms with Crippen molar-refractivity contribution in [3.8, 4) is 17.0 Å². The summed E-state index contributed by atoms with van der Waals surface area (Å²) in [5.41, 5.74) is 3.94. The fourth-order valence-electron chi connectivity index (χ4n) is 4.14. The van der Waals surface area contributed by atoms with Crippen molar-refractivity contribution in [2.45, 2.75) is 12.5 Å². The number of aromatic nitrogens is 3. The second kappa shape index (κ2) is 7.33. The van der Waals surface area contributed by atoms with E-state index in [1.54, 1.807) is 30.1 Å². The molecule has 0 bridgehead atoms. The third-order valence-corrected chi connectivity index (χ3v) is 5.67. The van der Waals surface area contributed by atoms with Crippen molar-refractivity contribution < 1.29 is 4.74 Å². The summed E-state index contributed by atoms with van der Waals surface area (Å²) in [6.07, 6.45) is 4.39. The number of nitrogens with zero attached hydrogens (tertiary/aromatic N) is 4. The first-order chi connectivity index (χ1) is 14.2. The van der Waals surface area contributed by atoms with Gasteiger partial charge < -0.3 is 15.0 Å². The van der Waals surface area contributed by atoms with E-state index >= 15 is 0 Å². The van der Waals surface area contributed by atoms with E-state index in [4.69, 9.17) is 9.72 Å². The molecule has 0 aliphatic carbocycles. The number of benzene rings is 1. The molecule has 4 heterocycles. The van der Waals surface area contributed by atoms with E-state index in [1.165, 1.54) is 11.1 Å². The summed E-state index contributed by atoms with van der Waals surface area (Å²) >= 11 is 0. The minimum absolute atomic E-state index is 0.0687. The molecule has 1 unspecified atom stereocenters. The summed E-state index contributed by atoms with van der Waals surface area (Å²) in [6, 6.07) is 11.8. The molecule has 1 N–H and O–H groups in total. The highest BCUT2D eigenvalue weighted by Crippen LogP contribution is 2.35. The number of piperazine rings is 1. The molecule has 3 aromatic rings. The second-order valence-electron chi connectivity index (χ2n) is 7.46. The van der Waals surface area contributed by atoms with Gasteiger partial charge in [0, 0.05) is 62.7 Å². The minimum atomic E-state index is -0.0687. The normalized spacial score (nSPS) is 18.4. The molecule has 0 spiro atoms. The summed E-state index contributed by atoms with van der Waals surface area (Å²) in [5, 5.41) is 3.60. The number of hydrogen-bond donors (Lipinski definition) is 1. The average molecular weight is 389 g/mol. The molecular formula is C22H23N5O2. The Hall–Kier alpha value is -3.19. The summed E-state index contributed by atoms with van der Waals surface area (Å²) in [7, 11) is 1.78. The highest BCUT2D eigenvalue weighted by atomic mass is 16.5. The fraction of sp³-hybridized carbons (Fsp3) is 0.318. The molecule has 0 amide bonds. The Kier molecular flexibility index (Phi) is 4.52. The predicted octanol–water partition coefficient (Wildman–Crippen LogP) is 1.93. The third-order valence-electron chi connectivity index (χ3n) is 5.67. The van der Waals surface area contributed by atoms with Crippen LogP contribution in [0.3, 0.4) is 0 Å². The molecule has 2 aliphatic heterocycles. The number of para-hydroxylation sites is 1. The van der Waals surface area contributed by atoms with Gasteiger partial charge in [-0.2, -0.15) is 0 Å². The van der Waals surface area contributed by atoms with Crippen LogP contribution in [-0.2, 0) is 13.5 Å². The molecule has 29 heavy (non-hydrogen) atoms. The van der Waals surface area contributed by atoms with Crippen molar-refractivity contribution in [3.05, 3.63) is 70.3 Å². The highest BCUT2D eigenvalue weighted by Gasteiger charge is 2.28. The number of pyridine rings is 1. The average Bonchev–Trinajstić information content (AvgIpc) is 3.25. The van der Waals surface area contributed by atoms with Gasteiger partial charge in [0.25, 0.3) is 5.56 Å². The lowest BCUT2D eigenvalue weighted by Gasteiger charge is -2.35. The summed E-state index contributed by atoms with van der Waals surface area (Å²) in [4.78, 5) is 23.7. The Morgan fingerprint density at radius 2 is 2.07 bits per heavy atom. The molecule has 7 nitrogen and oxygen atoms in total. The summed E-state index contributed by atoms with van der Waals surface area (Å²) < 4.78 is 7.53.